The topological polar surface area (TPSA) is 55.9 Å². The molecule has 8 heteroatoms. The van der Waals surface area contributed by atoms with E-state index in [9.17, 15) is 14.0 Å². The molecule has 0 radical (unpaired) electrons. The highest BCUT2D eigenvalue weighted by Crippen LogP contribution is 2.29. The van der Waals surface area contributed by atoms with E-state index < -0.39 is 6.04 Å². The van der Waals surface area contributed by atoms with E-state index in [1.807, 2.05) is 11.0 Å². The zero-order chi connectivity index (χ0) is 26.5. The summed E-state index contributed by atoms with van der Waals surface area (Å²) >= 11 is 1.72. The molecule has 2 atom stereocenters. The number of amides is 2. The number of hydrogen-bond donors (Lipinski definition) is 1. The van der Waals surface area contributed by atoms with E-state index >= 15 is 0 Å². The first kappa shape index (κ1) is 26.5. The summed E-state index contributed by atoms with van der Waals surface area (Å²) in [4.78, 5) is 34.9. The van der Waals surface area contributed by atoms with Gasteiger partial charge in [0, 0.05) is 55.8 Å². The number of carbonyl (C=O) groups excluding carboxylic acids is 2. The lowest BCUT2D eigenvalue weighted by Gasteiger charge is -2.29. The van der Waals surface area contributed by atoms with Crippen molar-refractivity contribution in [2.75, 3.05) is 32.7 Å². The molecule has 38 heavy (non-hydrogen) atoms. The summed E-state index contributed by atoms with van der Waals surface area (Å²) < 4.78 is 13.6. The average molecular weight is 535 g/mol. The number of likely N-dealkylation sites (tertiary alicyclic amines) is 1. The molecule has 6 nitrogen and oxygen atoms in total. The second-order valence-electron chi connectivity index (χ2n) is 10.2. The van der Waals surface area contributed by atoms with E-state index in [1.165, 1.54) is 40.3 Å². The minimum absolute atomic E-state index is 0.0126. The summed E-state index contributed by atoms with van der Waals surface area (Å²) in [6.07, 6.45) is 1.47. The number of thiophene rings is 1. The van der Waals surface area contributed by atoms with Crippen LogP contribution in [0.15, 0.2) is 66.0 Å². The standard InChI is InChI=1S/C30H35FN4O2S/c1-22-6-2-3-7-24(22)19-34(21-27-8-4-17-38-27)26-18-28(30(37)33-15-5-13-32-14-16-33)35(20-26)29(36)23-9-11-25(31)12-10-23/h2-4,6-12,17,26,28,32H,5,13-16,18-21H2,1H3. The van der Waals surface area contributed by atoms with Crippen molar-refractivity contribution in [3.8, 4) is 0 Å². The van der Waals surface area contributed by atoms with Gasteiger partial charge in [-0.3, -0.25) is 14.5 Å². The Labute approximate surface area is 228 Å². The Morgan fingerprint density at radius 3 is 2.61 bits per heavy atom. The first-order chi connectivity index (χ1) is 18.5. The number of benzene rings is 2. The van der Waals surface area contributed by atoms with Crippen molar-refractivity contribution in [1.82, 2.24) is 20.0 Å². The number of rotatable bonds is 7. The van der Waals surface area contributed by atoms with Crippen LogP contribution in [-0.4, -0.2) is 71.3 Å². The number of hydrogen-bond acceptors (Lipinski definition) is 5. The van der Waals surface area contributed by atoms with Gasteiger partial charge in [-0.1, -0.05) is 30.3 Å². The summed E-state index contributed by atoms with van der Waals surface area (Å²) in [7, 11) is 0. The van der Waals surface area contributed by atoms with Gasteiger partial charge in [-0.2, -0.15) is 0 Å². The fourth-order valence-corrected chi connectivity index (χ4v) is 6.22. The molecule has 2 unspecified atom stereocenters. The Bertz CT molecular complexity index is 1230. The lowest BCUT2D eigenvalue weighted by molar-refractivity contribution is -0.135. The van der Waals surface area contributed by atoms with Crippen molar-refractivity contribution in [3.63, 3.8) is 0 Å². The monoisotopic (exact) mass is 534 g/mol. The smallest absolute Gasteiger partial charge is 0.254 e. The van der Waals surface area contributed by atoms with Gasteiger partial charge >= 0.3 is 0 Å². The molecule has 0 aliphatic carbocycles. The van der Waals surface area contributed by atoms with Gasteiger partial charge in [0.05, 0.1) is 0 Å². The molecule has 0 bridgehead atoms. The zero-order valence-corrected chi connectivity index (χ0v) is 22.6. The number of nitrogens with zero attached hydrogens (tertiary/aromatic N) is 3. The van der Waals surface area contributed by atoms with Crippen LogP contribution in [0.5, 0.6) is 0 Å². The molecule has 3 heterocycles. The minimum atomic E-state index is -0.543. The van der Waals surface area contributed by atoms with Crippen molar-refractivity contribution in [3.05, 3.63) is 93.4 Å². The van der Waals surface area contributed by atoms with Gasteiger partial charge in [-0.05, 0) is 73.1 Å². The van der Waals surface area contributed by atoms with Crippen molar-refractivity contribution in [1.29, 1.82) is 0 Å². The zero-order valence-electron chi connectivity index (χ0n) is 21.8. The molecular weight excluding hydrogens is 499 g/mol. The van der Waals surface area contributed by atoms with E-state index in [1.54, 1.807) is 16.2 Å². The summed E-state index contributed by atoms with van der Waals surface area (Å²) in [5.74, 6) is -0.588. The molecule has 3 aromatic rings. The molecule has 1 N–H and O–H groups in total. The van der Waals surface area contributed by atoms with E-state index in [4.69, 9.17) is 0 Å². The highest BCUT2D eigenvalue weighted by molar-refractivity contribution is 7.09. The summed E-state index contributed by atoms with van der Waals surface area (Å²) in [6, 6.07) is 17.7. The molecule has 5 rings (SSSR count). The maximum absolute atomic E-state index is 13.9. The lowest BCUT2D eigenvalue weighted by Crippen LogP contribution is -2.48. The van der Waals surface area contributed by atoms with Crippen molar-refractivity contribution < 1.29 is 14.0 Å². The van der Waals surface area contributed by atoms with Crippen molar-refractivity contribution in [2.45, 2.75) is 44.9 Å². The van der Waals surface area contributed by atoms with Crippen LogP contribution in [0.2, 0.25) is 0 Å². The normalized spacial score (nSPS) is 20.1. The summed E-state index contributed by atoms with van der Waals surface area (Å²) in [5.41, 5.74) is 2.88. The lowest BCUT2D eigenvalue weighted by atomic mass is 10.1. The molecule has 0 saturated carbocycles. The maximum atomic E-state index is 13.9. The van der Waals surface area contributed by atoms with Crippen LogP contribution in [0, 0.1) is 12.7 Å². The van der Waals surface area contributed by atoms with Crippen LogP contribution in [0.1, 0.15) is 39.2 Å². The predicted molar refractivity (Wildman–Crippen MR) is 148 cm³/mol. The highest BCUT2D eigenvalue weighted by Gasteiger charge is 2.43. The van der Waals surface area contributed by atoms with Crippen LogP contribution < -0.4 is 5.32 Å². The quantitative estimate of drug-likeness (QED) is 0.491. The van der Waals surface area contributed by atoms with Gasteiger partial charge in [0.1, 0.15) is 11.9 Å². The number of nitrogens with one attached hydrogen (secondary N) is 1. The average Bonchev–Trinajstić information content (AvgIpc) is 3.52. The van der Waals surface area contributed by atoms with Crippen molar-refractivity contribution >= 4 is 23.2 Å². The Kier molecular flexibility index (Phi) is 8.51. The molecule has 2 aromatic carbocycles. The van der Waals surface area contributed by atoms with Crippen LogP contribution in [0.25, 0.3) is 0 Å². The molecule has 200 valence electrons. The summed E-state index contributed by atoms with van der Waals surface area (Å²) in [6.45, 7) is 7.04. The Hall–Kier alpha value is -3.07. The Balaban J connectivity index is 1.44. The van der Waals surface area contributed by atoms with E-state index in [2.05, 4.69) is 52.9 Å². The van der Waals surface area contributed by atoms with Gasteiger partial charge < -0.3 is 15.1 Å². The van der Waals surface area contributed by atoms with Crippen molar-refractivity contribution in [2.24, 2.45) is 0 Å². The maximum Gasteiger partial charge on any atom is 0.254 e. The van der Waals surface area contributed by atoms with Gasteiger partial charge in [-0.25, -0.2) is 4.39 Å². The molecule has 1 aromatic heterocycles. The van der Waals surface area contributed by atoms with E-state index in [-0.39, 0.29) is 23.7 Å². The molecule has 0 spiro atoms. The fourth-order valence-electron chi connectivity index (χ4n) is 5.50. The molecular formula is C30H35FN4O2S. The molecule has 2 aliphatic heterocycles. The predicted octanol–water partition coefficient (Wildman–Crippen LogP) is 4.30. The van der Waals surface area contributed by atoms with Gasteiger partial charge in [0.15, 0.2) is 0 Å². The number of halogens is 1. The highest BCUT2D eigenvalue weighted by atomic mass is 32.1. The molecule has 2 aliphatic rings. The second kappa shape index (κ2) is 12.2. The van der Waals surface area contributed by atoms with E-state index in [0.717, 1.165) is 32.6 Å². The van der Waals surface area contributed by atoms with Crippen LogP contribution in [-0.2, 0) is 17.9 Å². The van der Waals surface area contributed by atoms with Gasteiger partial charge in [0.2, 0.25) is 5.91 Å². The van der Waals surface area contributed by atoms with E-state index in [0.29, 0.717) is 31.6 Å². The second-order valence-corrected chi connectivity index (χ2v) is 11.2. The Morgan fingerprint density at radius 1 is 1.03 bits per heavy atom. The van der Waals surface area contributed by atoms with Gasteiger partial charge in [0.25, 0.3) is 5.91 Å². The van der Waals surface area contributed by atoms with Gasteiger partial charge in [-0.15, -0.1) is 11.3 Å². The van der Waals surface area contributed by atoms with Crippen LogP contribution in [0.4, 0.5) is 4.39 Å². The third-order valence-corrected chi connectivity index (χ3v) is 8.52. The van der Waals surface area contributed by atoms with Crippen LogP contribution >= 0.6 is 11.3 Å². The third-order valence-electron chi connectivity index (χ3n) is 7.66. The number of carbonyl (C=O) groups is 2. The fraction of sp³-hybridized carbons (Fsp3) is 0.400. The largest absolute Gasteiger partial charge is 0.340 e. The van der Waals surface area contributed by atoms with Crippen LogP contribution in [0.3, 0.4) is 0 Å². The molecule has 2 amide bonds. The summed E-state index contributed by atoms with van der Waals surface area (Å²) in [5, 5.41) is 5.44. The minimum Gasteiger partial charge on any atom is -0.340 e. The molecule has 2 fully saturated rings. The Morgan fingerprint density at radius 2 is 1.84 bits per heavy atom. The number of aryl methyl sites for hydroxylation is 1. The SMILES string of the molecule is Cc1ccccc1CN(Cc1cccs1)C1CC(C(=O)N2CCCNCC2)N(C(=O)c2ccc(F)cc2)C1. The first-order valence-corrected chi connectivity index (χ1v) is 14.2. The third kappa shape index (κ3) is 6.14. The molecule has 2 saturated heterocycles. The first-order valence-electron chi connectivity index (χ1n) is 13.4.